The number of sulfonamides is 1. The maximum absolute atomic E-state index is 12.6. The zero-order valence-corrected chi connectivity index (χ0v) is 12.8. The van der Waals surface area contributed by atoms with E-state index in [0.29, 0.717) is 6.42 Å². The van der Waals surface area contributed by atoms with E-state index >= 15 is 0 Å². The lowest BCUT2D eigenvalue weighted by Gasteiger charge is -2.32. The van der Waals surface area contributed by atoms with E-state index in [1.165, 1.54) is 11.4 Å². The Kier molecular flexibility index (Phi) is 4.71. The fourth-order valence-corrected chi connectivity index (χ4v) is 5.64. The van der Waals surface area contributed by atoms with Gasteiger partial charge in [0.15, 0.2) is 0 Å². The van der Waals surface area contributed by atoms with Crippen LogP contribution in [-0.4, -0.2) is 54.8 Å². The fourth-order valence-electron chi connectivity index (χ4n) is 3.48. The summed E-state index contributed by atoms with van der Waals surface area (Å²) in [7, 11) is -2.15. The van der Waals surface area contributed by atoms with Crippen molar-refractivity contribution in [3.8, 4) is 0 Å². The van der Waals surface area contributed by atoms with Crippen LogP contribution in [0.5, 0.6) is 0 Å². The van der Waals surface area contributed by atoms with Crippen LogP contribution in [0.4, 0.5) is 0 Å². The number of nitrogens with zero attached hydrogens (tertiary/aromatic N) is 1. The smallest absolute Gasteiger partial charge is 0.322 e. The van der Waals surface area contributed by atoms with Gasteiger partial charge in [0.1, 0.15) is 6.04 Å². The van der Waals surface area contributed by atoms with Crippen molar-refractivity contribution < 1.29 is 23.1 Å². The van der Waals surface area contributed by atoms with E-state index in [-0.39, 0.29) is 17.7 Å². The molecule has 1 saturated carbocycles. The predicted octanol–water partition coefficient (Wildman–Crippen LogP) is 1.07. The van der Waals surface area contributed by atoms with Gasteiger partial charge in [-0.15, -0.1) is 0 Å². The maximum Gasteiger partial charge on any atom is 0.322 e. The number of hydrogen-bond donors (Lipinski definition) is 1. The number of ether oxygens (including phenoxy) is 1. The fraction of sp³-hybridized carbons (Fsp3) is 0.923. The van der Waals surface area contributed by atoms with Crippen molar-refractivity contribution in [3.05, 3.63) is 0 Å². The molecule has 1 saturated heterocycles. The van der Waals surface area contributed by atoms with Crippen LogP contribution in [0.15, 0.2) is 0 Å². The molecule has 7 heteroatoms. The minimum atomic E-state index is -3.61. The van der Waals surface area contributed by atoms with Gasteiger partial charge in [0, 0.05) is 13.2 Å². The second-order valence-corrected chi connectivity index (χ2v) is 7.78. The van der Waals surface area contributed by atoms with Crippen LogP contribution in [0.3, 0.4) is 0 Å². The number of hydrogen-bond acceptors (Lipinski definition) is 4. The van der Waals surface area contributed by atoms with Crippen LogP contribution in [0.2, 0.25) is 0 Å². The molecule has 1 N–H and O–H groups in total. The number of aliphatic carboxylic acids is 1. The molecular weight excluding hydrogens is 282 g/mol. The average Bonchev–Trinajstić information content (AvgIpc) is 2.78. The molecule has 116 valence electrons. The molecule has 2 rings (SSSR count). The molecule has 1 aliphatic heterocycles. The summed E-state index contributed by atoms with van der Waals surface area (Å²) in [5.41, 5.74) is 0. The largest absolute Gasteiger partial charge is 0.480 e. The van der Waals surface area contributed by atoms with Crippen LogP contribution < -0.4 is 0 Å². The lowest BCUT2D eigenvalue weighted by Crippen LogP contribution is -2.48. The molecule has 0 aromatic heterocycles. The van der Waals surface area contributed by atoms with Gasteiger partial charge >= 0.3 is 5.97 Å². The predicted molar refractivity (Wildman–Crippen MR) is 73.9 cm³/mol. The van der Waals surface area contributed by atoms with Crippen molar-refractivity contribution in [2.45, 2.75) is 57.2 Å². The quantitative estimate of drug-likeness (QED) is 0.821. The highest BCUT2D eigenvalue weighted by Crippen LogP contribution is 2.41. The van der Waals surface area contributed by atoms with Crippen molar-refractivity contribution in [2.24, 2.45) is 5.92 Å². The van der Waals surface area contributed by atoms with E-state index in [0.717, 1.165) is 25.7 Å². The highest BCUT2D eigenvalue weighted by Gasteiger charge is 2.50. The Hall–Kier alpha value is -0.660. The van der Waals surface area contributed by atoms with E-state index in [1.54, 1.807) is 6.92 Å². The third-order valence-corrected chi connectivity index (χ3v) is 6.54. The van der Waals surface area contributed by atoms with E-state index in [2.05, 4.69) is 0 Å². The summed E-state index contributed by atoms with van der Waals surface area (Å²) >= 11 is 0. The Balaban J connectivity index is 2.26. The zero-order chi connectivity index (χ0) is 14.9. The van der Waals surface area contributed by atoms with Crippen molar-refractivity contribution in [1.82, 2.24) is 4.31 Å². The van der Waals surface area contributed by atoms with Gasteiger partial charge in [-0.05, 0) is 32.1 Å². The first-order valence-corrected chi connectivity index (χ1v) is 8.74. The Morgan fingerprint density at radius 2 is 2.05 bits per heavy atom. The molecule has 2 aliphatic rings. The summed E-state index contributed by atoms with van der Waals surface area (Å²) in [6.45, 7) is 1.68. The van der Waals surface area contributed by atoms with Gasteiger partial charge < -0.3 is 9.84 Å². The van der Waals surface area contributed by atoms with Gasteiger partial charge in [0.2, 0.25) is 10.0 Å². The molecule has 4 unspecified atom stereocenters. The lowest BCUT2D eigenvalue weighted by molar-refractivity contribution is -0.141. The monoisotopic (exact) mass is 305 g/mol. The topological polar surface area (TPSA) is 83.9 Å². The van der Waals surface area contributed by atoms with Gasteiger partial charge in [0.05, 0.1) is 11.9 Å². The maximum atomic E-state index is 12.6. The van der Waals surface area contributed by atoms with Crippen molar-refractivity contribution in [1.29, 1.82) is 0 Å². The number of carboxylic acids is 1. The molecule has 0 radical (unpaired) electrons. The lowest BCUT2D eigenvalue weighted by atomic mass is 9.85. The van der Waals surface area contributed by atoms with Crippen molar-refractivity contribution in [2.75, 3.05) is 12.9 Å². The van der Waals surface area contributed by atoms with E-state index in [9.17, 15) is 18.3 Å². The average molecular weight is 305 g/mol. The Morgan fingerprint density at radius 1 is 1.40 bits per heavy atom. The van der Waals surface area contributed by atoms with Crippen molar-refractivity contribution in [3.63, 3.8) is 0 Å². The number of fused-ring (bicyclic) bond motifs is 1. The first-order valence-electron chi connectivity index (χ1n) is 7.13. The number of rotatable bonds is 5. The molecule has 0 amide bonds. The third-order valence-electron chi connectivity index (χ3n) is 4.48. The highest BCUT2D eigenvalue weighted by molar-refractivity contribution is 7.89. The molecule has 0 aromatic carbocycles. The van der Waals surface area contributed by atoms with Crippen molar-refractivity contribution >= 4 is 16.0 Å². The highest BCUT2D eigenvalue weighted by atomic mass is 32.2. The van der Waals surface area contributed by atoms with Crippen LogP contribution in [-0.2, 0) is 19.6 Å². The van der Waals surface area contributed by atoms with Gasteiger partial charge in [0.25, 0.3) is 0 Å². The van der Waals surface area contributed by atoms with Crippen LogP contribution in [0.25, 0.3) is 0 Å². The van der Waals surface area contributed by atoms with Gasteiger partial charge in [-0.2, -0.15) is 4.31 Å². The Bertz CT molecular complexity index is 463. The first kappa shape index (κ1) is 15.7. The van der Waals surface area contributed by atoms with E-state index < -0.39 is 28.1 Å². The summed E-state index contributed by atoms with van der Waals surface area (Å²) < 4.78 is 31.4. The molecule has 6 nitrogen and oxygen atoms in total. The molecule has 1 aliphatic carbocycles. The molecular formula is C13H23NO5S. The number of methoxy groups -OCH3 is 1. The minimum absolute atomic E-state index is 0.140. The normalized spacial score (nSPS) is 32.8. The molecule has 0 bridgehead atoms. The zero-order valence-electron chi connectivity index (χ0n) is 12.0. The second kappa shape index (κ2) is 5.99. The molecule has 0 aromatic rings. The summed E-state index contributed by atoms with van der Waals surface area (Å²) in [5.74, 6) is -0.998. The standard InChI is InChI=1S/C13H23NO5S/c1-9(19-2)8-20(17,18)14-11-6-4-3-5-10(11)7-12(14)13(15)16/h9-12H,3-8H2,1-2H3,(H,15,16). The van der Waals surface area contributed by atoms with Gasteiger partial charge in [-0.25, -0.2) is 8.42 Å². The van der Waals surface area contributed by atoms with Gasteiger partial charge in [-0.3, -0.25) is 4.79 Å². The third kappa shape index (κ3) is 2.99. The second-order valence-electron chi connectivity index (χ2n) is 5.86. The molecule has 20 heavy (non-hydrogen) atoms. The summed E-state index contributed by atoms with van der Waals surface area (Å²) in [6, 6.07) is -1.05. The van der Waals surface area contributed by atoms with Crippen LogP contribution in [0, 0.1) is 5.92 Å². The number of carbonyl (C=O) groups is 1. The summed E-state index contributed by atoms with van der Waals surface area (Å²) in [4.78, 5) is 11.4. The Labute approximate surface area is 120 Å². The first-order chi connectivity index (χ1) is 9.36. The molecule has 1 heterocycles. The van der Waals surface area contributed by atoms with Gasteiger partial charge in [-0.1, -0.05) is 12.8 Å². The molecule has 0 spiro atoms. The molecule has 4 atom stereocenters. The van der Waals surface area contributed by atoms with E-state index in [4.69, 9.17) is 4.74 Å². The minimum Gasteiger partial charge on any atom is -0.480 e. The SMILES string of the molecule is COC(C)CS(=O)(=O)N1C(C(=O)O)CC2CCCCC21. The Morgan fingerprint density at radius 3 is 2.65 bits per heavy atom. The van der Waals surface area contributed by atoms with Crippen LogP contribution in [0.1, 0.15) is 39.0 Å². The van der Waals surface area contributed by atoms with E-state index in [1.807, 2.05) is 0 Å². The number of carboxylic acid groups (broad SMARTS) is 1. The van der Waals surface area contributed by atoms with Crippen LogP contribution >= 0.6 is 0 Å². The molecule has 2 fully saturated rings. The summed E-state index contributed by atoms with van der Waals surface area (Å²) in [5, 5.41) is 9.35. The summed E-state index contributed by atoms with van der Waals surface area (Å²) in [6.07, 6.45) is 3.75.